The predicted molar refractivity (Wildman–Crippen MR) is 134 cm³/mol. The van der Waals surface area contributed by atoms with Crippen molar-refractivity contribution in [1.82, 2.24) is 9.62 Å². The molecule has 2 aromatic rings. The Labute approximate surface area is 208 Å². The molecule has 0 bridgehead atoms. The van der Waals surface area contributed by atoms with Gasteiger partial charge in [-0.1, -0.05) is 53.0 Å². The topological polar surface area (TPSA) is 66.5 Å². The largest absolute Gasteiger partial charge is 0.355 e. The van der Waals surface area contributed by atoms with Crippen LogP contribution >= 0.6 is 46.6 Å². The first-order valence-electron chi connectivity index (χ1n) is 10.3. The lowest BCUT2D eigenvalue weighted by Crippen LogP contribution is -2.43. The number of thioether (sulfide) groups is 1. The van der Waals surface area contributed by atoms with Gasteiger partial charge in [0.25, 0.3) is 0 Å². The normalized spacial score (nSPS) is 15.6. The molecule has 1 saturated heterocycles. The summed E-state index contributed by atoms with van der Waals surface area (Å²) in [6, 6.07) is 12.3. The number of hydrogen-bond acceptors (Lipinski definition) is 4. The van der Waals surface area contributed by atoms with Crippen LogP contribution in [0.1, 0.15) is 24.0 Å². The van der Waals surface area contributed by atoms with Gasteiger partial charge >= 0.3 is 0 Å². The first-order valence-corrected chi connectivity index (χ1v) is 14.2. The van der Waals surface area contributed by atoms with Crippen molar-refractivity contribution < 1.29 is 13.2 Å². The molecule has 174 valence electrons. The van der Waals surface area contributed by atoms with Crippen LogP contribution in [0.25, 0.3) is 0 Å². The second kappa shape index (κ2) is 12.0. The number of nitrogens with one attached hydrogen (secondary N) is 1. The van der Waals surface area contributed by atoms with E-state index in [4.69, 9.17) is 34.8 Å². The summed E-state index contributed by atoms with van der Waals surface area (Å²) in [5, 5.41) is 4.76. The number of rotatable bonds is 9. The third-order valence-electron chi connectivity index (χ3n) is 5.31. The molecule has 0 radical (unpaired) electrons. The van der Waals surface area contributed by atoms with Gasteiger partial charge in [0.2, 0.25) is 15.9 Å². The van der Waals surface area contributed by atoms with Crippen molar-refractivity contribution in [3.05, 3.63) is 68.7 Å². The second-order valence-corrected chi connectivity index (χ2v) is 11.9. The smallest absolute Gasteiger partial charge is 0.223 e. The summed E-state index contributed by atoms with van der Waals surface area (Å²) >= 11 is 19.9. The Hall–Kier alpha value is -0.960. The molecule has 5 nitrogen and oxygen atoms in total. The third kappa shape index (κ3) is 7.27. The van der Waals surface area contributed by atoms with Gasteiger partial charge in [0.05, 0.1) is 5.75 Å². The molecule has 1 fully saturated rings. The molecule has 1 amide bonds. The molecule has 0 aliphatic carbocycles. The van der Waals surface area contributed by atoms with Crippen LogP contribution in [0.4, 0.5) is 0 Å². The molecule has 32 heavy (non-hydrogen) atoms. The molecule has 1 aliphatic rings. The lowest BCUT2D eigenvalue weighted by molar-refractivity contribution is -0.125. The minimum absolute atomic E-state index is 0.0201. The Morgan fingerprint density at radius 2 is 1.72 bits per heavy atom. The number of amides is 1. The van der Waals surface area contributed by atoms with E-state index in [1.807, 2.05) is 18.2 Å². The summed E-state index contributed by atoms with van der Waals surface area (Å²) in [7, 11) is -3.44. The van der Waals surface area contributed by atoms with Crippen LogP contribution in [0.2, 0.25) is 15.1 Å². The number of carbonyl (C=O) groups is 1. The SMILES string of the molecule is O=C(NCCSCc1c(Cl)cccc1Cl)C1CCN(S(=O)(=O)Cc2cccc(Cl)c2)CC1. The van der Waals surface area contributed by atoms with E-state index in [1.54, 1.807) is 36.0 Å². The van der Waals surface area contributed by atoms with Crippen LogP contribution < -0.4 is 5.32 Å². The number of sulfonamides is 1. The van der Waals surface area contributed by atoms with Gasteiger partial charge in [0, 0.05) is 52.1 Å². The van der Waals surface area contributed by atoms with Gasteiger partial charge < -0.3 is 5.32 Å². The zero-order valence-corrected chi connectivity index (χ0v) is 21.3. The number of piperidine rings is 1. The van der Waals surface area contributed by atoms with Crippen molar-refractivity contribution in [2.75, 3.05) is 25.4 Å². The summed E-state index contributed by atoms with van der Waals surface area (Å²) in [5.41, 5.74) is 1.56. The fourth-order valence-corrected chi connectivity index (χ4v) is 6.92. The van der Waals surface area contributed by atoms with Gasteiger partial charge in [-0.05, 0) is 48.2 Å². The molecular weight excluding hydrogens is 511 g/mol. The highest BCUT2D eigenvalue weighted by molar-refractivity contribution is 7.98. The highest BCUT2D eigenvalue weighted by Gasteiger charge is 2.31. The van der Waals surface area contributed by atoms with Gasteiger partial charge in [-0.25, -0.2) is 12.7 Å². The summed E-state index contributed by atoms with van der Waals surface area (Å²) in [6.45, 7) is 1.24. The van der Waals surface area contributed by atoms with Gasteiger partial charge in [0.15, 0.2) is 0 Å². The van der Waals surface area contributed by atoms with Crippen molar-refractivity contribution in [1.29, 1.82) is 0 Å². The van der Waals surface area contributed by atoms with Crippen molar-refractivity contribution in [2.24, 2.45) is 5.92 Å². The fourth-order valence-electron chi connectivity index (χ4n) is 3.56. The maximum absolute atomic E-state index is 12.7. The Balaban J connectivity index is 1.38. The third-order valence-corrected chi connectivity index (χ3v) is 9.09. The van der Waals surface area contributed by atoms with E-state index in [2.05, 4.69) is 5.32 Å². The van der Waals surface area contributed by atoms with E-state index >= 15 is 0 Å². The van der Waals surface area contributed by atoms with Crippen molar-refractivity contribution in [3.8, 4) is 0 Å². The number of nitrogens with zero attached hydrogens (tertiary/aromatic N) is 1. The summed E-state index contributed by atoms with van der Waals surface area (Å²) in [6.07, 6.45) is 1.03. The zero-order chi connectivity index (χ0) is 23.1. The molecule has 10 heteroatoms. The Morgan fingerprint density at radius 1 is 1.06 bits per heavy atom. The van der Waals surface area contributed by atoms with E-state index in [0.29, 0.717) is 58.9 Å². The summed E-state index contributed by atoms with van der Waals surface area (Å²) in [5.74, 6) is 1.14. The Morgan fingerprint density at radius 3 is 2.38 bits per heavy atom. The molecule has 1 aliphatic heterocycles. The van der Waals surface area contributed by atoms with E-state index in [9.17, 15) is 13.2 Å². The van der Waals surface area contributed by atoms with Crippen molar-refractivity contribution in [3.63, 3.8) is 0 Å². The second-order valence-electron chi connectivity index (χ2n) is 7.60. The minimum Gasteiger partial charge on any atom is -0.355 e. The van der Waals surface area contributed by atoms with Crippen LogP contribution in [0.5, 0.6) is 0 Å². The van der Waals surface area contributed by atoms with Gasteiger partial charge in [-0.15, -0.1) is 0 Å². The predicted octanol–water partition coefficient (Wildman–Crippen LogP) is 5.24. The molecule has 0 spiro atoms. The molecule has 1 N–H and O–H groups in total. The maximum atomic E-state index is 12.7. The molecular formula is C22H25Cl3N2O3S2. The van der Waals surface area contributed by atoms with Crippen LogP contribution in [-0.2, 0) is 26.3 Å². The fraction of sp³-hybridized carbons (Fsp3) is 0.409. The van der Waals surface area contributed by atoms with Crippen LogP contribution in [0.15, 0.2) is 42.5 Å². The van der Waals surface area contributed by atoms with Crippen LogP contribution in [-0.4, -0.2) is 44.0 Å². The van der Waals surface area contributed by atoms with E-state index in [0.717, 1.165) is 11.3 Å². The Bertz CT molecular complexity index is 1020. The average Bonchev–Trinajstić information content (AvgIpc) is 2.75. The average molecular weight is 536 g/mol. The monoisotopic (exact) mass is 534 g/mol. The van der Waals surface area contributed by atoms with E-state index < -0.39 is 10.0 Å². The van der Waals surface area contributed by atoms with Gasteiger partial charge in [-0.3, -0.25) is 4.79 Å². The summed E-state index contributed by atoms with van der Waals surface area (Å²) < 4.78 is 26.9. The number of carbonyl (C=O) groups excluding carboxylic acids is 1. The van der Waals surface area contributed by atoms with Gasteiger partial charge in [0.1, 0.15) is 0 Å². The number of hydrogen-bond donors (Lipinski definition) is 1. The first-order chi connectivity index (χ1) is 15.3. The quantitative estimate of drug-likeness (QED) is 0.446. The lowest BCUT2D eigenvalue weighted by atomic mass is 9.97. The highest BCUT2D eigenvalue weighted by Crippen LogP contribution is 2.28. The highest BCUT2D eigenvalue weighted by atomic mass is 35.5. The van der Waals surface area contributed by atoms with Crippen molar-refractivity contribution in [2.45, 2.75) is 24.3 Å². The van der Waals surface area contributed by atoms with Crippen molar-refractivity contribution >= 4 is 62.5 Å². The Kier molecular flexibility index (Phi) is 9.58. The van der Waals surface area contributed by atoms with Gasteiger partial charge in [-0.2, -0.15) is 11.8 Å². The van der Waals surface area contributed by atoms with E-state index in [1.165, 1.54) is 4.31 Å². The molecule has 2 aromatic carbocycles. The molecule has 1 heterocycles. The van der Waals surface area contributed by atoms with Crippen LogP contribution in [0.3, 0.4) is 0 Å². The maximum Gasteiger partial charge on any atom is 0.223 e. The molecule has 0 saturated carbocycles. The number of benzene rings is 2. The molecule has 0 atom stereocenters. The van der Waals surface area contributed by atoms with E-state index in [-0.39, 0.29) is 17.6 Å². The molecule has 0 aromatic heterocycles. The minimum atomic E-state index is -3.44. The number of halogens is 3. The zero-order valence-electron chi connectivity index (χ0n) is 17.4. The lowest BCUT2D eigenvalue weighted by Gasteiger charge is -2.30. The standard InChI is InChI=1S/C22H25Cl3N2O3S2/c23-18-4-1-3-16(13-18)15-32(29,30)27-10-7-17(8-11-27)22(28)26-9-12-31-14-19-20(24)5-2-6-21(19)25/h1-6,13,17H,7-12,14-15H2,(H,26,28). The van der Waals surface area contributed by atoms with Crippen LogP contribution in [0, 0.1) is 5.92 Å². The summed E-state index contributed by atoms with van der Waals surface area (Å²) in [4.78, 5) is 12.5. The molecule has 0 unspecified atom stereocenters. The first kappa shape index (κ1) is 25.7. The molecule has 3 rings (SSSR count).